The molecule has 0 amide bonds. The van der Waals surface area contributed by atoms with Crippen LogP contribution >= 0.6 is 23.3 Å². The van der Waals surface area contributed by atoms with Crippen molar-refractivity contribution in [2.45, 2.75) is 32.1 Å². The van der Waals surface area contributed by atoms with Crippen LogP contribution in [0.15, 0.2) is 11.1 Å². The van der Waals surface area contributed by atoms with Gasteiger partial charge >= 0.3 is 0 Å². The molecule has 0 saturated heterocycles. The molecule has 1 aromatic rings. The summed E-state index contributed by atoms with van der Waals surface area (Å²) in [5.74, 6) is 0.740. The second-order valence-electron chi connectivity index (χ2n) is 4.29. The third kappa shape index (κ3) is 2.80. The summed E-state index contributed by atoms with van der Waals surface area (Å²) in [6.45, 7) is 5.92. The number of hydrogen-bond acceptors (Lipinski definition) is 6. The molecule has 2 rings (SSSR count). The summed E-state index contributed by atoms with van der Waals surface area (Å²) >= 11 is 2.89. The number of rotatable bonds is 3. The molecule has 1 aliphatic rings. The van der Waals surface area contributed by atoms with E-state index in [-0.39, 0.29) is 5.60 Å². The Balaban J connectivity index is 2.04. The third-order valence-electron chi connectivity index (χ3n) is 2.35. The smallest absolute Gasteiger partial charge is 0.129 e. The van der Waals surface area contributed by atoms with Crippen molar-refractivity contribution in [2.75, 3.05) is 0 Å². The van der Waals surface area contributed by atoms with E-state index in [0.29, 0.717) is 4.88 Å². The minimum absolute atomic E-state index is 0.262. The quantitative estimate of drug-likeness (QED) is 0.912. The van der Waals surface area contributed by atoms with Crippen LogP contribution in [0, 0.1) is 18.3 Å². The highest BCUT2D eigenvalue weighted by Crippen LogP contribution is 2.30. The Morgan fingerprint density at radius 2 is 2.41 bits per heavy atom. The third-order valence-corrected chi connectivity index (χ3v) is 4.18. The van der Waals surface area contributed by atoms with Gasteiger partial charge in [0.25, 0.3) is 0 Å². The number of thioether (sulfide) groups is 1. The Bertz CT molecular complexity index is 499. The van der Waals surface area contributed by atoms with Gasteiger partial charge in [0.15, 0.2) is 0 Å². The van der Waals surface area contributed by atoms with Crippen molar-refractivity contribution < 1.29 is 4.84 Å². The molecule has 2 heterocycles. The van der Waals surface area contributed by atoms with Crippen molar-refractivity contribution in [1.82, 2.24) is 9.85 Å². The molecule has 4 nitrogen and oxygen atoms in total. The molecule has 0 radical (unpaired) electrons. The summed E-state index contributed by atoms with van der Waals surface area (Å²) in [5, 5.41) is 9.95. The Morgan fingerprint density at radius 1 is 1.65 bits per heavy atom. The highest BCUT2D eigenvalue weighted by atomic mass is 32.2. The SMILES string of the molecule is Cc1nsc(C#N)c1CSC1=CC(C)(C)ON1. The minimum atomic E-state index is -0.262. The molecule has 1 aliphatic heterocycles. The summed E-state index contributed by atoms with van der Waals surface area (Å²) in [6, 6.07) is 2.18. The number of aromatic nitrogens is 1. The molecule has 0 aliphatic carbocycles. The molecule has 17 heavy (non-hydrogen) atoms. The molecule has 0 spiro atoms. The molecule has 0 unspecified atom stereocenters. The average Bonchev–Trinajstić information content (AvgIpc) is 2.79. The molecule has 1 aromatic heterocycles. The number of nitrogens with one attached hydrogen (secondary N) is 1. The van der Waals surface area contributed by atoms with E-state index in [1.807, 2.05) is 26.8 Å². The maximum absolute atomic E-state index is 8.96. The number of nitrogens with zero attached hydrogens (tertiary/aromatic N) is 2. The monoisotopic (exact) mass is 267 g/mol. The largest absolute Gasteiger partial charge is 0.265 e. The van der Waals surface area contributed by atoms with Crippen LogP contribution in [0.1, 0.15) is 30.0 Å². The summed E-state index contributed by atoms with van der Waals surface area (Å²) in [4.78, 5) is 6.07. The molecule has 0 bridgehead atoms. The molecule has 1 N–H and O–H groups in total. The van der Waals surface area contributed by atoms with Gasteiger partial charge in [-0.3, -0.25) is 10.3 Å². The lowest BCUT2D eigenvalue weighted by molar-refractivity contribution is -0.0126. The molecule has 0 atom stereocenters. The van der Waals surface area contributed by atoms with Crippen molar-refractivity contribution in [3.8, 4) is 6.07 Å². The summed E-state index contributed by atoms with van der Waals surface area (Å²) in [7, 11) is 0. The number of nitriles is 1. The van der Waals surface area contributed by atoms with Crippen molar-refractivity contribution in [3.63, 3.8) is 0 Å². The van der Waals surface area contributed by atoms with Crippen molar-refractivity contribution in [3.05, 3.63) is 27.2 Å². The summed E-state index contributed by atoms with van der Waals surface area (Å²) in [6.07, 6.45) is 2.04. The van der Waals surface area contributed by atoms with Crippen LogP contribution in [0.25, 0.3) is 0 Å². The fourth-order valence-corrected chi connectivity index (χ4v) is 3.35. The fraction of sp³-hybridized carbons (Fsp3) is 0.455. The van der Waals surface area contributed by atoms with E-state index in [2.05, 4.69) is 15.9 Å². The molecule has 0 aromatic carbocycles. The van der Waals surface area contributed by atoms with E-state index in [4.69, 9.17) is 10.1 Å². The second kappa shape index (κ2) is 4.69. The molecular weight excluding hydrogens is 254 g/mol. The van der Waals surface area contributed by atoms with Gasteiger partial charge in [-0.15, -0.1) is 11.8 Å². The predicted octanol–water partition coefficient (Wildman–Crippen LogP) is 2.71. The van der Waals surface area contributed by atoms with Gasteiger partial charge < -0.3 is 0 Å². The fourth-order valence-electron chi connectivity index (χ4n) is 1.42. The highest BCUT2D eigenvalue weighted by Gasteiger charge is 2.24. The first-order valence-corrected chi connectivity index (χ1v) is 6.92. The number of hydrogen-bond donors (Lipinski definition) is 1. The van der Waals surface area contributed by atoms with Crippen LogP contribution in [0.3, 0.4) is 0 Å². The first-order chi connectivity index (χ1) is 8.02. The lowest BCUT2D eigenvalue weighted by atomic mass is 10.1. The Morgan fingerprint density at radius 3 is 3.00 bits per heavy atom. The molecule has 0 saturated carbocycles. The van der Waals surface area contributed by atoms with E-state index < -0.39 is 0 Å². The zero-order chi connectivity index (χ0) is 12.5. The standard InChI is InChI=1S/C11H13N3OS2/c1-7-8(9(5-12)17-14-7)6-16-10-4-11(2,3)15-13-10/h4,13H,6H2,1-3H3. The van der Waals surface area contributed by atoms with Gasteiger partial charge in [-0.2, -0.15) is 9.64 Å². The van der Waals surface area contributed by atoms with Crippen LogP contribution in [0.5, 0.6) is 0 Å². The van der Waals surface area contributed by atoms with Crippen LogP contribution in [0.4, 0.5) is 0 Å². The van der Waals surface area contributed by atoms with E-state index in [1.165, 1.54) is 11.5 Å². The molecular formula is C11H13N3OS2. The maximum atomic E-state index is 8.96. The Kier molecular flexibility index (Phi) is 3.43. The first kappa shape index (κ1) is 12.4. The topological polar surface area (TPSA) is 57.9 Å². The lowest BCUT2D eigenvalue weighted by Gasteiger charge is -2.11. The predicted molar refractivity (Wildman–Crippen MR) is 69.2 cm³/mol. The van der Waals surface area contributed by atoms with Gasteiger partial charge in [-0.1, -0.05) is 0 Å². The van der Waals surface area contributed by atoms with Crippen molar-refractivity contribution >= 4 is 23.3 Å². The van der Waals surface area contributed by atoms with E-state index in [9.17, 15) is 0 Å². The minimum Gasteiger partial charge on any atom is -0.265 e. The molecule has 90 valence electrons. The van der Waals surface area contributed by atoms with Crippen LogP contribution < -0.4 is 5.48 Å². The van der Waals surface area contributed by atoms with Crippen molar-refractivity contribution in [1.29, 1.82) is 5.26 Å². The molecule has 6 heteroatoms. The van der Waals surface area contributed by atoms with Gasteiger partial charge in [-0.25, -0.2) is 0 Å². The summed E-state index contributed by atoms with van der Waals surface area (Å²) < 4.78 is 4.20. The average molecular weight is 267 g/mol. The first-order valence-electron chi connectivity index (χ1n) is 5.17. The summed E-state index contributed by atoms with van der Waals surface area (Å²) in [5.41, 5.74) is 4.59. The highest BCUT2D eigenvalue weighted by molar-refractivity contribution is 8.02. The van der Waals surface area contributed by atoms with Crippen LogP contribution in [0.2, 0.25) is 0 Å². The van der Waals surface area contributed by atoms with Gasteiger partial charge in [0, 0.05) is 11.3 Å². The maximum Gasteiger partial charge on any atom is 0.129 e. The van der Waals surface area contributed by atoms with Crippen LogP contribution in [-0.4, -0.2) is 9.97 Å². The Hall–Kier alpha value is -1.03. The zero-order valence-corrected chi connectivity index (χ0v) is 11.5. The van der Waals surface area contributed by atoms with Crippen molar-refractivity contribution in [2.24, 2.45) is 0 Å². The molecule has 0 fully saturated rings. The van der Waals surface area contributed by atoms with Crippen LogP contribution in [-0.2, 0) is 10.6 Å². The van der Waals surface area contributed by atoms with E-state index >= 15 is 0 Å². The number of aryl methyl sites for hydroxylation is 1. The van der Waals surface area contributed by atoms with E-state index in [1.54, 1.807) is 11.8 Å². The van der Waals surface area contributed by atoms with Gasteiger partial charge in [0.1, 0.15) is 16.5 Å². The second-order valence-corrected chi connectivity index (χ2v) is 6.08. The zero-order valence-electron chi connectivity index (χ0n) is 9.90. The van der Waals surface area contributed by atoms with Gasteiger partial charge in [0.05, 0.1) is 10.7 Å². The van der Waals surface area contributed by atoms with Gasteiger partial charge in [0.2, 0.25) is 0 Å². The lowest BCUT2D eigenvalue weighted by Crippen LogP contribution is -2.20. The van der Waals surface area contributed by atoms with E-state index in [0.717, 1.165) is 22.0 Å². The number of hydroxylamine groups is 1. The Labute approximate surface area is 109 Å². The normalized spacial score (nSPS) is 17.4. The van der Waals surface area contributed by atoms with Gasteiger partial charge in [-0.05, 0) is 38.4 Å².